The van der Waals surface area contributed by atoms with Gasteiger partial charge in [0, 0.05) is 0 Å². The number of ether oxygens (including phenoxy) is 1. The third-order valence-corrected chi connectivity index (χ3v) is 6.53. The molecule has 104 valence electrons. The summed E-state index contributed by atoms with van der Waals surface area (Å²) in [6.07, 6.45) is 6.18. The van der Waals surface area contributed by atoms with E-state index in [1.54, 1.807) is 5.57 Å². The zero-order valence-corrected chi connectivity index (χ0v) is 13.9. The Labute approximate surface area is 123 Å². The standard InChI is InChI=1S/C17H24OSe/c1-17(2,18-3)15-11-9-14(10-12-15)13-19-16-7-5-4-6-8-16/h4-9,15H,10-13H2,1-3H3. The van der Waals surface area contributed by atoms with Crippen molar-refractivity contribution in [2.45, 2.75) is 44.0 Å². The molecule has 1 aliphatic carbocycles. The molecule has 0 N–H and O–H groups in total. The minimum absolute atomic E-state index is 0.0204. The number of methoxy groups -OCH3 is 1. The molecule has 1 atom stereocenters. The molecule has 2 heteroatoms. The zero-order valence-electron chi connectivity index (χ0n) is 12.2. The molecule has 0 amide bonds. The molecule has 19 heavy (non-hydrogen) atoms. The normalized spacial score (nSPS) is 20.2. The van der Waals surface area contributed by atoms with Crippen LogP contribution in [0.1, 0.15) is 33.1 Å². The van der Waals surface area contributed by atoms with Crippen LogP contribution in [0.2, 0.25) is 5.32 Å². The van der Waals surface area contributed by atoms with E-state index in [2.05, 4.69) is 50.3 Å². The summed E-state index contributed by atoms with van der Waals surface area (Å²) in [5.41, 5.74) is 1.68. The summed E-state index contributed by atoms with van der Waals surface area (Å²) in [7, 11) is 1.83. The fourth-order valence-corrected chi connectivity index (χ4v) is 4.53. The summed E-state index contributed by atoms with van der Waals surface area (Å²) in [5, 5.41) is 1.27. The van der Waals surface area contributed by atoms with Gasteiger partial charge >= 0.3 is 123 Å². The van der Waals surface area contributed by atoms with Crippen LogP contribution in [0.25, 0.3) is 0 Å². The zero-order chi connectivity index (χ0) is 13.7. The van der Waals surface area contributed by atoms with E-state index in [-0.39, 0.29) is 5.60 Å². The van der Waals surface area contributed by atoms with Gasteiger partial charge in [0.15, 0.2) is 0 Å². The molecular formula is C17H24OSe. The van der Waals surface area contributed by atoms with Crippen molar-refractivity contribution >= 4 is 19.4 Å². The number of hydrogen-bond donors (Lipinski definition) is 0. The summed E-state index contributed by atoms with van der Waals surface area (Å²) in [6.45, 7) is 4.43. The van der Waals surface area contributed by atoms with Gasteiger partial charge in [0.05, 0.1) is 0 Å². The van der Waals surface area contributed by atoms with E-state index in [0.717, 1.165) is 0 Å². The number of rotatable bonds is 5. The van der Waals surface area contributed by atoms with Crippen molar-refractivity contribution in [1.82, 2.24) is 0 Å². The van der Waals surface area contributed by atoms with Crippen molar-refractivity contribution in [3.8, 4) is 0 Å². The third-order valence-electron chi connectivity index (χ3n) is 4.18. The van der Waals surface area contributed by atoms with Crippen molar-refractivity contribution in [2.75, 3.05) is 7.11 Å². The molecule has 0 saturated carbocycles. The molecule has 1 aromatic rings. The molecule has 1 unspecified atom stereocenters. The van der Waals surface area contributed by atoms with Crippen LogP contribution in [-0.4, -0.2) is 27.7 Å². The Bertz CT molecular complexity index is 422. The van der Waals surface area contributed by atoms with Gasteiger partial charge in [0.25, 0.3) is 0 Å². The Morgan fingerprint density at radius 3 is 2.58 bits per heavy atom. The van der Waals surface area contributed by atoms with Crippen LogP contribution in [0.4, 0.5) is 0 Å². The summed E-state index contributed by atoms with van der Waals surface area (Å²) in [5.74, 6) is 0.672. The Kier molecular flexibility index (Phi) is 5.27. The average Bonchev–Trinajstić information content (AvgIpc) is 2.47. The first-order valence-corrected chi connectivity index (χ1v) is 9.09. The molecule has 0 saturated heterocycles. The Morgan fingerprint density at radius 1 is 1.26 bits per heavy atom. The maximum atomic E-state index is 5.62. The van der Waals surface area contributed by atoms with E-state index >= 15 is 0 Å². The number of benzene rings is 1. The summed E-state index contributed by atoms with van der Waals surface area (Å²) < 4.78 is 7.13. The second kappa shape index (κ2) is 6.74. The molecule has 0 spiro atoms. The summed E-state index contributed by atoms with van der Waals surface area (Å²) >= 11 is 0.594. The fraction of sp³-hybridized carbons (Fsp3) is 0.529. The Hall–Kier alpha value is -0.561. The second-order valence-electron chi connectivity index (χ2n) is 5.74. The van der Waals surface area contributed by atoms with Crippen LogP contribution in [0.3, 0.4) is 0 Å². The van der Waals surface area contributed by atoms with E-state index in [4.69, 9.17) is 4.74 Å². The van der Waals surface area contributed by atoms with Crippen LogP contribution >= 0.6 is 0 Å². The molecule has 1 aliphatic rings. The van der Waals surface area contributed by atoms with Crippen LogP contribution in [-0.2, 0) is 4.74 Å². The van der Waals surface area contributed by atoms with Crippen molar-refractivity contribution in [3.63, 3.8) is 0 Å². The molecule has 0 fully saturated rings. The van der Waals surface area contributed by atoms with Crippen molar-refractivity contribution in [2.24, 2.45) is 5.92 Å². The quantitative estimate of drug-likeness (QED) is 0.594. The molecule has 0 aromatic heterocycles. The van der Waals surface area contributed by atoms with Crippen molar-refractivity contribution in [1.29, 1.82) is 0 Å². The SMILES string of the molecule is COC(C)(C)C1CC=C(C[Se]c2ccccc2)CC1. The van der Waals surface area contributed by atoms with E-state index in [9.17, 15) is 0 Å². The van der Waals surface area contributed by atoms with E-state index in [1.807, 2.05) is 7.11 Å². The first-order valence-electron chi connectivity index (χ1n) is 7.03. The average molecular weight is 323 g/mol. The molecule has 0 aliphatic heterocycles. The molecule has 1 nitrogen and oxygen atoms in total. The van der Waals surface area contributed by atoms with Crippen LogP contribution in [0.5, 0.6) is 0 Å². The molecule has 0 bridgehead atoms. The summed E-state index contributed by atoms with van der Waals surface area (Å²) in [4.78, 5) is 0. The molecule has 0 radical (unpaired) electrons. The second-order valence-corrected chi connectivity index (χ2v) is 7.94. The van der Waals surface area contributed by atoms with Gasteiger partial charge in [0.2, 0.25) is 0 Å². The molecular weight excluding hydrogens is 299 g/mol. The monoisotopic (exact) mass is 324 g/mol. The predicted molar refractivity (Wildman–Crippen MR) is 83.1 cm³/mol. The van der Waals surface area contributed by atoms with Crippen LogP contribution in [0, 0.1) is 5.92 Å². The minimum atomic E-state index is 0.0204. The van der Waals surface area contributed by atoms with Gasteiger partial charge < -0.3 is 0 Å². The molecule has 1 aromatic carbocycles. The predicted octanol–water partition coefficient (Wildman–Crippen LogP) is 3.59. The van der Waals surface area contributed by atoms with Gasteiger partial charge in [-0.1, -0.05) is 0 Å². The van der Waals surface area contributed by atoms with Crippen molar-refractivity contribution < 1.29 is 4.74 Å². The van der Waals surface area contributed by atoms with Gasteiger partial charge in [-0.25, -0.2) is 0 Å². The Balaban J connectivity index is 1.85. The maximum absolute atomic E-state index is 5.62. The first-order chi connectivity index (χ1) is 9.12. The third kappa shape index (κ3) is 4.21. The van der Waals surface area contributed by atoms with E-state index in [0.29, 0.717) is 20.9 Å². The topological polar surface area (TPSA) is 9.23 Å². The fourth-order valence-electron chi connectivity index (χ4n) is 2.51. The van der Waals surface area contributed by atoms with Gasteiger partial charge in [-0.3, -0.25) is 0 Å². The van der Waals surface area contributed by atoms with E-state index in [1.165, 1.54) is 29.0 Å². The molecule has 0 heterocycles. The first kappa shape index (κ1) is 14.8. The van der Waals surface area contributed by atoms with Crippen LogP contribution < -0.4 is 4.46 Å². The Morgan fingerprint density at radius 2 is 2.00 bits per heavy atom. The van der Waals surface area contributed by atoms with E-state index < -0.39 is 0 Å². The van der Waals surface area contributed by atoms with Gasteiger partial charge in [-0.15, -0.1) is 0 Å². The molecule has 2 rings (SSSR count). The number of allylic oxidation sites excluding steroid dienone is 2. The van der Waals surface area contributed by atoms with Gasteiger partial charge in [0.1, 0.15) is 0 Å². The summed E-state index contributed by atoms with van der Waals surface area (Å²) in [6, 6.07) is 10.9. The van der Waals surface area contributed by atoms with Crippen LogP contribution in [0.15, 0.2) is 42.0 Å². The van der Waals surface area contributed by atoms with Crippen molar-refractivity contribution in [3.05, 3.63) is 42.0 Å². The van der Waals surface area contributed by atoms with Gasteiger partial charge in [-0.05, 0) is 0 Å². The number of hydrogen-bond acceptors (Lipinski definition) is 1. The van der Waals surface area contributed by atoms with Gasteiger partial charge in [-0.2, -0.15) is 0 Å².